The van der Waals surface area contributed by atoms with Crippen LogP contribution in [0.2, 0.25) is 20.1 Å². The molecule has 0 radical (unpaired) electrons. The Morgan fingerprint density at radius 3 is 1.96 bits per heavy atom. The number of pyridine rings is 1. The SMILES string of the molecule is COC(=O)/C(=C(/C(=O)OC)[n+]1ccc(/C=C/c2ccc(Cl)c(Cl)c2)c2ccccc21)[c-]1c2cc(Cl)ccc2c2ccc(Cl)cc21. The molecule has 0 aliphatic heterocycles. The molecule has 0 saturated carbocycles. The van der Waals surface area contributed by atoms with Gasteiger partial charge in [0.15, 0.2) is 6.20 Å². The van der Waals surface area contributed by atoms with Gasteiger partial charge < -0.3 is 9.47 Å². The molecule has 5 aromatic carbocycles. The maximum Gasteiger partial charge on any atom is 0.379 e. The smallest absolute Gasteiger partial charge is 0.379 e. The number of hydrogen-bond acceptors (Lipinski definition) is 4. The highest BCUT2D eigenvalue weighted by atomic mass is 35.5. The van der Waals surface area contributed by atoms with Gasteiger partial charge in [-0.3, -0.25) is 4.79 Å². The number of hydrogen-bond donors (Lipinski definition) is 0. The predicted molar refractivity (Wildman–Crippen MR) is 184 cm³/mol. The van der Waals surface area contributed by atoms with Crippen LogP contribution in [0.15, 0.2) is 91.1 Å². The van der Waals surface area contributed by atoms with E-state index in [0.29, 0.717) is 41.9 Å². The highest BCUT2D eigenvalue weighted by Crippen LogP contribution is 2.42. The van der Waals surface area contributed by atoms with Gasteiger partial charge in [-0.2, -0.15) is 4.57 Å². The van der Waals surface area contributed by atoms with Crippen LogP contribution < -0.4 is 4.57 Å². The Labute approximate surface area is 278 Å². The average molecular weight is 675 g/mol. The number of ether oxygens (including phenoxy) is 2. The lowest BCUT2D eigenvalue weighted by atomic mass is 9.99. The Bertz CT molecular complexity index is 2170. The molecule has 1 aromatic heterocycles. The molecule has 224 valence electrons. The fourth-order valence-electron chi connectivity index (χ4n) is 5.56. The zero-order valence-electron chi connectivity index (χ0n) is 23.9. The third-order valence-corrected chi connectivity index (χ3v) is 8.77. The molecule has 6 aromatic rings. The fourth-order valence-corrected chi connectivity index (χ4v) is 6.21. The highest BCUT2D eigenvalue weighted by Gasteiger charge is 2.32. The number of nitrogens with zero attached hydrogens (tertiary/aromatic N) is 1. The number of esters is 2. The number of para-hydroxylation sites is 1. The van der Waals surface area contributed by atoms with Gasteiger partial charge in [0.1, 0.15) is 0 Å². The second-order valence-electron chi connectivity index (χ2n) is 10.1. The largest absolute Gasteiger partial charge is 0.490 e. The summed E-state index contributed by atoms with van der Waals surface area (Å²) in [5.74, 6) is -1.47. The van der Waals surface area contributed by atoms with Crippen molar-refractivity contribution in [2.75, 3.05) is 14.2 Å². The number of rotatable bonds is 6. The van der Waals surface area contributed by atoms with Crippen LogP contribution in [0.1, 0.15) is 16.7 Å². The van der Waals surface area contributed by atoms with E-state index in [4.69, 9.17) is 55.9 Å². The maximum absolute atomic E-state index is 13.8. The second-order valence-corrected chi connectivity index (χ2v) is 11.8. The normalized spacial score (nSPS) is 12.2. The summed E-state index contributed by atoms with van der Waals surface area (Å²) < 4.78 is 12.3. The van der Waals surface area contributed by atoms with E-state index >= 15 is 0 Å². The van der Waals surface area contributed by atoms with Crippen LogP contribution >= 0.6 is 46.4 Å². The highest BCUT2D eigenvalue weighted by molar-refractivity contribution is 6.42. The Morgan fingerprint density at radius 2 is 1.33 bits per heavy atom. The molecular weight excluding hydrogens is 652 g/mol. The van der Waals surface area contributed by atoms with E-state index in [1.165, 1.54) is 14.2 Å². The molecule has 45 heavy (non-hydrogen) atoms. The monoisotopic (exact) mass is 673 g/mol. The van der Waals surface area contributed by atoms with E-state index in [-0.39, 0.29) is 11.3 Å². The Hall–Kier alpha value is -4.26. The predicted octanol–water partition coefficient (Wildman–Crippen LogP) is 9.65. The molecule has 0 spiro atoms. The van der Waals surface area contributed by atoms with Crippen molar-refractivity contribution in [1.29, 1.82) is 0 Å². The summed E-state index contributed by atoms with van der Waals surface area (Å²) in [5, 5.41) is 5.65. The molecule has 5 nitrogen and oxygen atoms in total. The maximum atomic E-state index is 13.8. The quantitative estimate of drug-likeness (QED) is 0.0764. The van der Waals surface area contributed by atoms with Gasteiger partial charge in [0.05, 0.1) is 35.2 Å². The summed E-state index contributed by atoms with van der Waals surface area (Å²) >= 11 is 25.2. The molecule has 0 aliphatic carbocycles. The van der Waals surface area contributed by atoms with Crippen LogP contribution in [0.25, 0.3) is 55.9 Å². The van der Waals surface area contributed by atoms with E-state index in [1.807, 2.05) is 60.7 Å². The minimum absolute atomic E-state index is 0.00290. The summed E-state index contributed by atoms with van der Waals surface area (Å²) in [6.07, 6.45) is 5.58. The molecule has 0 N–H and O–H groups in total. The zero-order valence-corrected chi connectivity index (χ0v) is 26.9. The zero-order chi connectivity index (χ0) is 31.8. The van der Waals surface area contributed by atoms with E-state index in [1.54, 1.807) is 47.2 Å². The molecule has 1 heterocycles. The fraction of sp³-hybridized carbons (Fsp3) is 0.0556. The molecule has 0 aliphatic rings. The Kier molecular flexibility index (Phi) is 8.63. The topological polar surface area (TPSA) is 56.5 Å². The molecule has 6 rings (SSSR count). The van der Waals surface area contributed by atoms with Crippen molar-refractivity contribution < 1.29 is 23.6 Å². The summed E-state index contributed by atoms with van der Waals surface area (Å²) in [5.41, 5.74) is 2.79. The number of halogens is 4. The number of methoxy groups -OCH3 is 2. The number of carbonyl (C=O) groups excluding carboxylic acids is 2. The van der Waals surface area contributed by atoms with Crippen molar-refractivity contribution >= 4 is 114 Å². The van der Waals surface area contributed by atoms with E-state index in [9.17, 15) is 9.59 Å². The van der Waals surface area contributed by atoms with Crippen LogP contribution in [0.5, 0.6) is 0 Å². The van der Waals surface area contributed by atoms with Crippen molar-refractivity contribution in [1.82, 2.24) is 0 Å². The summed E-state index contributed by atoms with van der Waals surface area (Å²) in [4.78, 5) is 27.6. The molecular formula is C36H23Cl4NO4. The van der Waals surface area contributed by atoms with Crippen LogP contribution in [0.3, 0.4) is 0 Å². The third-order valence-electron chi connectivity index (χ3n) is 7.56. The van der Waals surface area contributed by atoms with Gasteiger partial charge in [-0.15, -0.1) is 0 Å². The van der Waals surface area contributed by atoms with Crippen molar-refractivity contribution in [3.05, 3.63) is 128 Å². The first kappa shape index (κ1) is 30.8. The Balaban J connectivity index is 1.68. The molecule has 0 fully saturated rings. The van der Waals surface area contributed by atoms with E-state index in [0.717, 1.165) is 27.3 Å². The standard InChI is InChI=1S/C36H23Cl4NO4/c1-44-35(42)33(32-27-18-22(37)10-12-25(27)26-13-11-23(38)19-28(26)32)34(36(43)45-2)41-16-15-21(24-5-3-4-6-31(24)41)9-7-20-8-14-29(39)30(40)17-20/h3-19H,1-2H3/b9-7+,34-33-. The average Bonchev–Trinajstić information content (AvgIpc) is 3.35. The molecule has 0 amide bonds. The van der Waals surface area contributed by atoms with Gasteiger partial charge >= 0.3 is 5.97 Å². The second kappa shape index (κ2) is 12.6. The molecule has 9 heteroatoms. The first-order chi connectivity index (χ1) is 21.7. The lowest BCUT2D eigenvalue weighted by Crippen LogP contribution is -2.39. The lowest BCUT2D eigenvalue weighted by molar-refractivity contribution is -0.548. The minimum Gasteiger partial charge on any atom is -0.490 e. The molecule has 0 bridgehead atoms. The third kappa shape index (κ3) is 5.69. The summed E-state index contributed by atoms with van der Waals surface area (Å²) in [6.45, 7) is 0. The van der Waals surface area contributed by atoms with Gasteiger partial charge in [0.25, 0.3) is 11.7 Å². The summed E-state index contributed by atoms with van der Waals surface area (Å²) in [7, 11) is 2.54. The number of benzene rings is 4. The molecule has 0 unspecified atom stereocenters. The number of carbonyl (C=O) groups is 2. The van der Waals surface area contributed by atoms with E-state index < -0.39 is 11.9 Å². The first-order valence-corrected chi connectivity index (χ1v) is 15.2. The van der Waals surface area contributed by atoms with Crippen molar-refractivity contribution in [2.45, 2.75) is 0 Å². The molecule has 0 atom stereocenters. The van der Waals surface area contributed by atoms with Gasteiger partial charge in [0.2, 0.25) is 5.52 Å². The summed E-state index contributed by atoms with van der Waals surface area (Å²) in [6, 6.07) is 25.6. The van der Waals surface area contributed by atoms with Crippen LogP contribution in [-0.4, -0.2) is 26.2 Å². The van der Waals surface area contributed by atoms with Gasteiger partial charge in [0, 0.05) is 22.2 Å². The van der Waals surface area contributed by atoms with Crippen LogP contribution in [-0.2, 0) is 19.1 Å². The van der Waals surface area contributed by atoms with Crippen molar-refractivity contribution in [3.8, 4) is 0 Å². The van der Waals surface area contributed by atoms with Crippen LogP contribution in [0.4, 0.5) is 0 Å². The Morgan fingerprint density at radius 1 is 0.689 bits per heavy atom. The number of fused-ring (bicyclic) bond motifs is 4. The molecule has 0 saturated heterocycles. The van der Waals surface area contributed by atoms with E-state index in [2.05, 4.69) is 0 Å². The van der Waals surface area contributed by atoms with Crippen molar-refractivity contribution in [3.63, 3.8) is 0 Å². The minimum atomic E-state index is -0.740. The van der Waals surface area contributed by atoms with Crippen LogP contribution in [0, 0.1) is 0 Å². The van der Waals surface area contributed by atoms with Gasteiger partial charge in [-0.25, -0.2) is 4.79 Å². The number of aromatic nitrogens is 1. The lowest BCUT2D eigenvalue weighted by Gasteiger charge is -2.16. The van der Waals surface area contributed by atoms with Gasteiger partial charge in [-0.05, 0) is 29.3 Å². The van der Waals surface area contributed by atoms with Gasteiger partial charge in [-0.1, -0.05) is 140 Å². The van der Waals surface area contributed by atoms with Crippen molar-refractivity contribution in [2.24, 2.45) is 0 Å². The first-order valence-electron chi connectivity index (χ1n) is 13.7.